The predicted molar refractivity (Wildman–Crippen MR) is 47.4 cm³/mol. The molecular weight excluding hydrogens is 253 g/mol. The molecule has 4 heteroatoms. The number of nitrogens with zero attached hydrogens (tertiary/aromatic N) is 3. The summed E-state index contributed by atoms with van der Waals surface area (Å²) in [6.07, 6.45) is 0.303. The van der Waals surface area contributed by atoms with Crippen molar-refractivity contribution >= 4 is 22.6 Å². The van der Waals surface area contributed by atoms with Crippen molar-refractivity contribution in [2.24, 2.45) is 5.41 Å². The van der Waals surface area contributed by atoms with Crippen LogP contribution >= 0.6 is 22.6 Å². The second kappa shape index (κ2) is 4.16. The minimum Gasteiger partial charge on any atom is -0.197 e. The van der Waals surface area contributed by atoms with Gasteiger partial charge in [-0.15, -0.1) is 0 Å². The molecule has 0 aliphatic heterocycles. The van der Waals surface area contributed by atoms with Crippen LogP contribution in [0.1, 0.15) is 13.3 Å². The highest BCUT2D eigenvalue weighted by Gasteiger charge is 2.26. The van der Waals surface area contributed by atoms with Gasteiger partial charge in [0.15, 0.2) is 0 Å². The average molecular weight is 259 g/mol. The maximum atomic E-state index is 8.54. The van der Waals surface area contributed by atoms with Crippen molar-refractivity contribution in [3.05, 3.63) is 0 Å². The fourth-order valence-electron chi connectivity index (χ4n) is 0.520. The quantitative estimate of drug-likeness (QED) is 0.560. The number of rotatable bonds is 2. The van der Waals surface area contributed by atoms with E-state index in [0.29, 0.717) is 6.42 Å². The topological polar surface area (TPSA) is 71.4 Å². The van der Waals surface area contributed by atoms with Crippen LogP contribution in [0, 0.1) is 39.4 Å². The van der Waals surface area contributed by atoms with E-state index in [1.54, 1.807) is 0 Å². The molecule has 0 aliphatic carbocycles. The molecular formula is C7H6IN3. The summed E-state index contributed by atoms with van der Waals surface area (Å²) in [7, 11) is 0. The molecule has 1 unspecified atom stereocenters. The molecule has 0 N–H and O–H groups in total. The van der Waals surface area contributed by atoms with Gasteiger partial charge in [0.25, 0.3) is 0 Å². The highest BCUT2D eigenvalue weighted by molar-refractivity contribution is 14.1. The van der Waals surface area contributed by atoms with Crippen LogP contribution in [-0.2, 0) is 0 Å². The fourth-order valence-corrected chi connectivity index (χ4v) is 1.40. The SMILES string of the molecule is CC(C#N)(C#N)CC(I)C#N. The standard InChI is InChI=1S/C7H6IN3/c1-7(4-10,5-11)2-6(8)3-9/h6H,2H2,1H3. The number of halogens is 1. The molecule has 0 fully saturated rings. The minimum atomic E-state index is -1.01. The number of alkyl halides is 1. The van der Waals surface area contributed by atoms with E-state index >= 15 is 0 Å². The zero-order chi connectivity index (χ0) is 8.91. The van der Waals surface area contributed by atoms with Crippen LogP contribution in [0.5, 0.6) is 0 Å². The third-order valence-electron chi connectivity index (χ3n) is 1.22. The molecule has 0 radical (unpaired) electrons. The zero-order valence-electron chi connectivity index (χ0n) is 6.00. The molecule has 0 amide bonds. The molecule has 0 rings (SSSR count). The van der Waals surface area contributed by atoms with Gasteiger partial charge in [-0.2, -0.15) is 15.8 Å². The maximum Gasteiger partial charge on any atom is 0.143 e. The lowest BCUT2D eigenvalue weighted by Gasteiger charge is -2.11. The molecule has 1 atom stereocenters. The van der Waals surface area contributed by atoms with Crippen LogP contribution in [0.3, 0.4) is 0 Å². The van der Waals surface area contributed by atoms with E-state index in [1.165, 1.54) is 6.92 Å². The maximum absolute atomic E-state index is 8.54. The molecule has 0 bridgehead atoms. The largest absolute Gasteiger partial charge is 0.197 e. The van der Waals surface area contributed by atoms with Gasteiger partial charge in [0, 0.05) is 6.42 Å². The molecule has 0 spiro atoms. The molecule has 0 aromatic carbocycles. The Morgan fingerprint density at radius 2 is 1.82 bits per heavy atom. The number of hydrogen-bond donors (Lipinski definition) is 0. The van der Waals surface area contributed by atoms with Crippen LogP contribution < -0.4 is 0 Å². The van der Waals surface area contributed by atoms with Gasteiger partial charge in [-0.05, 0) is 6.92 Å². The molecule has 0 aliphatic rings. The zero-order valence-corrected chi connectivity index (χ0v) is 8.16. The summed E-state index contributed by atoms with van der Waals surface area (Å²) >= 11 is 1.91. The summed E-state index contributed by atoms with van der Waals surface area (Å²) in [5.74, 6) is 0. The van der Waals surface area contributed by atoms with Gasteiger partial charge >= 0.3 is 0 Å². The Labute approximate surface area is 79.4 Å². The van der Waals surface area contributed by atoms with Crippen molar-refractivity contribution < 1.29 is 0 Å². The Hall–Kier alpha value is -0.800. The molecule has 56 valence electrons. The van der Waals surface area contributed by atoms with Gasteiger partial charge in [-0.3, -0.25) is 0 Å². The fraction of sp³-hybridized carbons (Fsp3) is 0.571. The molecule has 3 nitrogen and oxygen atoms in total. The van der Waals surface area contributed by atoms with Crippen molar-refractivity contribution in [3.63, 3.8) is 0 Å². The van der Waals surface area contributed by atoms with Gasteiger partial charge in [-0.1, -0.05) is 22.6 Å². The number of nitriles is 3. The molecule has 0 aromatic heterocycles. The first-order valence-corrected chi connectivity index (χ1v) is 4.19. The Kier molecular flexibility index (Phi) is 3.85. The normalized spacial score (nSPS) is 12.3. The van der Waals surface area contributed by atoms with Crippen molar-refractivity contribution in [2.45, 2.75) is 17.3 Å². The van der Waals surface area contributed by atoms with Crippen molar-refractivity contribution in [3.8, 4) is 18.2 Å². The summed E-state index contributed by atoms with van der Waals surface area (Å²) in [4.78, 5) is 0. The van der Waals surface area contributed by atoms with Crippen LogP contribution in [0.4, 0.5) is 0 Å². The second-order valence-electron chi connectivity index (χ2n) is 2.36. The van der Waals surface area contributed by atoms with E-state index in [4.69, 9.17) is 15.8 Å². The molecule has 0 saturated carbocycles. The first-order chi connectivity index (χ1) is 5.08. The lowest BCUT2D eigenvalue weighted by Crippen LogP contribution is -2.15. The Bertz CT molecular complexity index is 238. The van der Waals surface area contributed by atoms with Crippen LogP contribution in [0.2, 0.25) is 0 Å². The summed E-state index contributed by atoms with van der Waals surface area (Å²) in [5.41, 5.74) is -1.01. The lowest BCUT2D eigenvalue weighted by atomic mass is 9.89. The molecule has 0 aromatic rings. The van der Waals surface area contributed by atoms with Gasteiger partial charge in [0.05, 0.1) is 18.2 Å². The summed E-state index contributed by atoms with van der Waals surface area (Å²) in [6, 6.07) is 5.73. The minimum absolute atomic E-state index is 0.267. The lowest BCUT2D eigenvalue weighted by molar-refractivity contribution is 0.550. The molecule has 0 heterocycles. The highest BCUT2D eigenvalue weighted by Crippen LogP contribution is 2.24. The van der Waals surface area contributed by atoms with Gasteiger partial charge in [0.2, 0.25) is 0 Å². The average Bonchev–Trinajstić information content (AvgIpc) is 2.04. The van der Waals surface area contributed by atoms with Gasteiger partial charge in [0.1, 0.15) is 9.34 Å². The van der Waals surface area contributed by atoms with E-state index in [1.807, 2.05) is 40.8 Å². The van der Waals surface area contributed by atoms with Gasteiger partial charge in [-0.25, -0.2) is 0 Å². The van der Waals surface area contributed by atoms with Crippen LogP contribution in [0.15, 0.2) is 0 Å². The van der Waals surface area contributed by atoms with Crippen molar-refractivity contribution in [1.29, 1.82) is 15.8 Å². The smallest absolute Gasteiger partial charge is 0.143 e. The Balaban J connectivity index is 4.29. The second-order valence-corrected chi connectivity index (χ2v) is 3.86. The molecule has 0 saturated heterocycles. The highest BCUT2D eigenvalue weighted by atomic mass is 127. The van der Waals surface area contributed by atoms with Crippen LogP contribution in [-0.4, -0.2) is 3.92 Å². The van der Waals surface area contributed by atoms with E-state index in [2.05, 4.69) is 0 Å². The summed E-state index contributed by atoms with van der Waals surface area (Å²) in [5, 5.41) is 25.5. The summed E-state index contributed by atoms with van der Waals surface area (Å²) < 4.78 is -0.267. The third-order valence-corrected chi connectivity index (χ3v) is 1.94. The van der Waals surface area contributed by atoms with E-state index in [9.17, 15) is 0 Å². The van der Waals surface area contributed by atoms with E-state index in [-0.39, 0.29) is 3.92 Å². The predicted octanol–water partition coefficient (Wildman–Crippen LogP) is 1.76. The Morgan fingerprint density at radius 1 is 1.36 bits per heavy atom. The van der Waals surface area contributed by atoms with Crippen molar-refractivity contribution in [2.75, 3.05) is 0 Å². The first-order valence-electron chi connectivity index (χ1n) is 2.94. The number of hydrogen-bond acceptors (Lipinski definition) is 3. The van der Waals surface area contributed by atoms with Gasteiger partial charge < -0.3 is 0 Å². The summed E-state index contributed by atoms with van der Waals surface area (Å²) in [6.45, 7) is 1.54. The first kappa shape index (κ1) is 10.2. The Morgan fingerprint density at radius 3 is 2.09 bits per heavy atom. The van der Waals surface area contributed by atoms with E-state index < -0.39 is 5.41 Å². The monoisotopic (exact) mass is 259 g/mol. The third kappa shape index (κ3) is 3.20. The van der Waals surface area contributed by atoms with Crippen molar-refractivity contribution in [1.82, 2.24) is 0 Å². The van der Waals surface area contributed by atoms with Crippen LogP contribution in [0.25, 0.3) is 0 Å². The molecule has 11 heavy (non-hydrogen) atoms. The van der Waals surface area contributed by atoms with E-state index in [0.717, 1.165) is 0 Å².